The second-order valence-corrected chi connectivity index (χ2v) is 10.8. The predicted octanol–water partition coefficient (Wildman–Crippen LogP) is 4.21. The number of hydrogen-bond donors (Lipinski definition) is 3. The monoisotopic (exact) mass is 483 g/mol. The van der Waals surface area contributed by atoms with Gasteiger partial charge in [-0.25, -0.2) is 14.4 Å². The van der Waals surface area contributed by atoms with E-state index in [4.69, 9.17) is 15.8 Å². The number of hydrogen-bond acceptors (Lipinski definition) is 8. The van der Waals surface area contributed by atoms with Crippen LogP contribution in [0.25, 0.3) is 32.7 Å². The molecule has 4 heterocycles. The third kappa shape index (κ3) is 4.21. The normalized spacial score (nSPS) is 14.8. The van der Waals surface area contributed by atoms with Crippen molar-refractivity contribution in [1.82, 2.24) is 15.0 Å². The molecule has 1 aliphatic carbocycles. The quantitative estimate of drug-likeness (QED) is 0.361. The van der Waals surface area contributed by atoms with Gasteiger partial charge in [0, 0.05) is 34.5 Å². The molecule has 0 saturated heterocycles. The first-order valence-corrected chi connectivity index (χ1v) is 12.6. The van der Waals surface area contributed by atoms with Gasteiger partial charge in [0.2, 0.25) is 0 Å². The van der Waals surface area contributed by atoms with E-state index in [9.17, 15) is 8.60 Å². The van der Waals surface area contributed by atoms with E-state index in [1.165, 1.54) is 23.6 Å². The van der Waals surface area contributed by atoms with Crippen LogP contribution in [0.3, 0.4) is 0 Å². The van der Waals surface area contributed by atoms with Gasteiger partial charge in [0.15, 0.2) is 0 Å². The number of nitrogens with zero attached hydrogens (tertiary/aromatic N) is 3. The number of nitrogens with one attached hydrogen (secondary N) is 1. The highest BCUT2D eigenvalue weighted by Crippen LogP contribution is 2.44. The molecule has 1 saturated carbocycles. The van der Waals surface area contributed by atoms with Crippen LogP contribution >= 0.6 is 11.3 Å². The summed E-state index contributed by atoms with van der Waals surface area (Å²) >= 11 is 1.35. The third-order valence-corrected chi connectivity index (χ3v) is 8.98. The molecule has 0 amide bonds. The fraction of sp³-hybridized carbons (Fsp3) is 0.261. The predicted molar refractivity (Wildman–Crippen MR) is 130 cm³/mol. The molecule has 170 valence electrons. The van der Waals surface area contributed by atoms with Crippen molar-refractivity contribution in [2.45, 2.75) is 28.7 Å². The molecule has 0 bridgehead atoms. The summed E-state index contributed by atoms with van der Waals surface area (Å²) in [5, 5.41) is 12.8. The molecule has 1 fully saturated rings. The fourth-order valence-electron chi connectivity index (χ4n) is 3.71. The minimum Gasteiger partial charge on any atom is -0.396 e. The lowest BCUT2D eigenvalue weighted by molar-refractivity contribution is 0.311. The third-order valence-electron chi connectivity index (χ3n) is 5.68. The van der Waals surface area contributed by atoms with Crippen LogP contribution in [-0.2, 0) is 10.8 Å². The van der Waals surface area contributed by atoms with Crippen LogP contribution in [0.5, 0.6) is 0 Å². The van der Waals surface area contributed by atoms with Crippen molar-refractivity contribution >= 4 is 43.9 Å². The molecule has 1 atom stereocenters. The Labute approximate surface area is 196 Å². The number of pyridine rings is 3. The summed E-state index contributed by atoms with van der Waals surface area (Å²) in [6, 6.07) is 8.51. The molecule has 0 aromatic carbocycles. The van der Waals surface area contributed by atoms with Crippen molar-refractivity contribution in [3.05, 3.63) is 48.5 Å². The average Bonchev–Trinajstić information content (AvgIpc) is 3.13. The van der Waals surface area contributed by atoms with E-state index in [2.05, 4.69) is 15.3 Å². The van der Waals surface area contributed by atoms with Gasteiger partial charge in [-0.3, -0.25) is 9.19 Å². The van der Waals surface area contributed by atoms with Crippen LogP contribution in [0, 0.1) is 5.82 Å². The van der Waals surface area contributed by atoms with Crippen LogP contribution < -0.4 is 11.1 Å². The number of rotatable bonds is 7. The summed E-state index contributed by atoms with van der Waals surface area (Å²) in [4.78, 5) is 14.1. The van der Waals surface area contributed by atoms with Crippen molar-refractivity contribution in [1.29, 1.82) is 0 Å². The van der Waals surface area contributed by atoms with Crippen molar-refractivity contribution in [2.24, 2.45) is 0 Å². The van der Waals surface area contributed by atoms with E-state index in [1.807, 2.05) is 18.2 Å². The van der Waals surface area contributed by atoms with Crippen molar-refractivity contribution in [3.8, 4) is 22.5 Å². The zero-order chi connectivity index (χ0) is 22.9. The van der Waals surface area contributed by atoms with Crippen LogP contribution in [-0.4, -0.2) is 42.7 Å². The van der Waals surface area contributed by atoms with E-state index in [0.29, 0.717) is 49.4 Å². The van der Waals surface area contributed by atoms with Crippen molar-refractivity contribution in [2.75, 3.05) is 24.2 Å². The van der Waals surface area contributed by atoms with E-state index < -0.39 is 16.6 Å². The second kappa shape index (κ2) is 9.12. The summed E-state index contributed by atoms with van der Waals surface area (Å²) in [7, 11) is -1.18. The lowest BCUT2D eigenvalue weighted by atomic mass is 10.0. The highest BCUT2D eigenvalue weighted by molar-refractivity contribution is 7.88. The molecular formula is C23H22FN5O2S2. The second-order valence-electron chi connectivity index (χ2n) is 7.83. The lowest BCUT2D eigenvalue weighted by Gasteiger charge is -2.23. The zero-order valence-corrected chi connectivity index (χ0v) is 19.3. The average molecular weight is 484 g/mol. The Balaban J connectivity index is 1.64. The number of aliphatic hydroxyl groups excluding tert-OH is 1. The van der Waals surface area contributed by atoms with Crippen LogP contribution in [0.15, 0.2) is 46.9 Å². The number of nitrogen functional groups attached to an aromatic ring is 1. The number of fused-ring (bicyclic) bond motifs is 1. The largest absolute Gasteiger partial charge is 0.396 e. The Morgan fingerprint density at radius 1 is 1.18 bits per heavy atom. The lowest BCUT2D eigenvalue weighted by Crippen LogP contribution is -2.23. The van der Waals surface area contributed by atoms with E-state index in [1.54, 1.807) is 12.3 Å². The molecule has 4 aromatic rings. The number of halogens is 1. The molecule has 0 spiro atoms. The molecule has 5 rings (SSSR count). The molecule has 33 heavy (non-hydrogen) atoms. The number of thiophene rings is 1. The molecular weight excluding hydrogens is 461 g/mol. The van der Waals surface area contributed by atoms with Gasteiger partial charge in [0.05, 0.1) is 40.7 Å². The van der Waals surface area contributed by atoms with Gasteiger partial charge in [-0.2, -0.15) is 0 Å². The Morgan fingerprint density at radius 2 is 2.03 bits per heavy atom. The minimum atomic E-state index is -1.18. The van der Waals surface area contributed by atoms with E-state index in [0.717, 1.165) is 24.8 Å². The molecule has 1 aliphatic rings. The first-order valence-electron chi connectivity index (χ1n) is 10.6. The van der Waals surface area contributed by atoms with Gasteiger partial charge in [-0.05, 0) is 43.2 Å². The van der Waals surface area contributed by atoms with Gasteiger partial charge >= 0.3 is 0 Å². The van der Waals surface area contributed by atoms with Gasteiger partial charge in [-0.1, -0.05) is 6.42 Å². The highest BCUT2D eigenvalue weighted by Gasteiger charge is 2.29. The van der Waals surface area contributed by atoms with Crippen LogP contribution in [0.2, 0.25) is 0 Å². The van der Waals surface area contributed by atoms with Crippen molar-refractivity contribution in [3.63, 3.8) is 0 Å². The maximum atomic E-state index is 13.5. The number of aliphatic hydroxyl groups is 1. The topological polar surface area (TPSA) is 114 Å². The molecule has 0 radical (unpaired) electrons. The smallest absolute Gasteiger partial charge is 0.141 e. The zero-order valence-electron chi connectivity index (χ0n) is 17.6. The van der Waals surface area contributed by atoms with Crippen molar-refractivity contribution < 1.29 is 13.7 Å². The summed E-state index contributed by atoms with van der Waals surface area (Å²) < 4.78 is 27.3. The van der Waals surface area contributed by atoms with Gasteiger partial charge < -0.3 is 16.2 Å². The van der Waals surface area contributed by atoms with E-state index >= 15 is 0 Å². The Hall–Kier alpha value is -2.95. The molecule has 1 unspecified atom stereocenters. The molecule has 10 heteroatoms. The molecule has 7 nitrogen and oxygen atoms in total. The molecule has 0 aliphatic heterocycles. The maximum Gasteiger partial charge on any atom is 0.141 e. The number of aromatic nitrogens is 3. The summed E-state index contributed by atoms with van der Waals surface area (Å²) in [6.45, 7) is 0.423. The maximum absolute atomic E-state index is 13.5. The van der Waals surface area contributed by atoms with Gasteiger partial charge in [0.1, 0.15) is 20.7 Å². The summed E-state index contributed by atoms with van der Waals surface area (Å²) in [5.74, 6) is 0.220. The van der Waals surface area contributed by atoms with Gasteiger partial charge in [0.25, 0.3) is 0 Å². The molecule has 4 aromatic heterocycles. The Bertz CT molecular complexity index is 1320. The number of anilines is 2. The summed E-state index contributed by atoms with van der Waals surface area (Å²) in [6.07, 6.45) is 5.83. The number of nitrogens with two attached hydrogens (primary N) is 1. The first-order chi connectivity index (χ1) is 16.0. The van der Waals surface area contributed by atoms with E-state index in [-0.39, 0.29) is 11.9 Å². The van der Waals surface area contributed by atoms with Crippen LogP contribution in [0.1, 0.15) is 19.3 Å². The Kier molecular flexibility index (Phi) is 6.05. The highest BCUT2D eigenvalue weighted by atomic mass is 32.2. The van der Waals surface area contributed by atoms with Gasteiger partial charge in [-0.15, -0.1) is 11.3 Å². The Morgan fingerprint density at radius 3 is 2.67 bits per heavy atom. The SMILES string of the molecule is Nc1c(S(=O)C2CCC2)sc2nc(-c3ccc(NCCO)nc3)cc(-c3ccc(F)cn3)c12. The first kappa shape index (κ1) is 21.9. The fourth-order valence-corrected chi connectivity index (χ4v) is 6.92. The summed E-state index contributed by atoms with van der Waals surface area (Å²) in [5.41, 5.74) is 9.69. The van der Waals surface area contributed by atoms with Crippen LogP contribution in [0.4, 0.5) is 15.9 Å². The standard InChI is InChI=1S/C23H22FN5O2S2/c24-14-5-6-17(27-12-14)16-10-18(13-4-7-19(28-11-13)26-8-9-30)29-22-20(16)21(25)23(32-22)33(31)15-2-1-3-15/h4-7,10-12,15,30H,1-3,8-9,25H2,(H,26,28). The molecule has 4 N–H and O–H groups in total. The minimum absolute atomic E-state index is 0.0139.